The number of benzene rings is 9. The van der Waals surface area contributed by atoms with Gasteiger partial charge in [-0.05, 0) is 93.5 Å². The van der Waals surface area contributed by atoms with E-state index in [2.05, 4.69) is 180 Å². The smallest absolute Gasteiger partial charge is 0.159 e. The van der Waals surface area contributed by atoms with Crippen LogP contribution >= 0.6 is 0 Å². The summed E-state index contributed by atoms with van der Waals surface area (Å²) in [6.07, 6.45) is 1.86. The van der Waals surface area contributed by atoms with Crippen molar-refractivity contribution in [3.8, 4) is 16.8 Å². The van der Waals surface area contributed by atoms with Crippen molar-refractivity contribution in [3.63, 3.8) is 0 Å². The van der Waals surface area contributed by atoms with Crippen LogP contribution in [-0.4, -0.2) is 16.2 Å². The van der Waals surface area contributed by atoms with E-state index in [0.717, 1.165) is 73.4 Å². The topological polar surface area (TPSA) is 68.8 Å². The lowest BCUT2D eigenvalue weighted by Crippen LogP contribution is -2.18. The van der Waals surface area contributed by atoms with Crippen LogP contribution in [0.4, 0.5) is 0 Å². The molecule has 0 bridgehead atoms. The number of fused-ring (bicyclic) bond motifs is 8. The predicted octanol–water partition coefficient (Wildman–Crippen LogP) is 13.5. The quantitative estimate of drug-likeness (QED) is 0.135. The second-order valence-electron chi connectivity index (χ2n) is 16.0. The molecule has 11 aromatic rings. The highest BCUT2D eigenvalue weighted by Gasteiger charge is 2.45. The Hall–Kier alpha value is -7.76. The molecule has 0 amide bonds. The highest BCUT2D eigenvalue weighted by molar-refractivity contribution is 6.16. The fourth-order valence-electron chi connectivity index (χ4n) is 9.09. The number of hydrogen-bond donors (Lipinski definition) is 1. The van der Waals surface area contributed by atoms with E-state index in [4.69, 9.17) is 20.1 Å². The number of aliphatic imine (C=N–C) groups is 2. The summed E-state index contributed by atoms with van der Waals surface area (Å²) in [6, 6.07) is 68.5. The van der Waals surface area contributed by atoms with E-state index in [1.807, 2.05) is 18.2 Å². The maximum absolute atomic E-state index is 6.97. The molecule has 5 heteroatoms. The zero-order chi connectivity index (χ0) is 39.8. The Labute approximate surface area is 346 Å². The van der Waals surface area contributed by atoms with Gasteiger partial charge in [0, 0.05) is 32.7 Å². The van der Waals surface area contributed by atoms with Gasteiger partial charge in [-0.15, -0.1) is 0 Å². The van der Waals surface area contributed by atoms with Gasteiger partial charge in [-0.1, -0.05) is 152 Å². The van der Waals surface area contributed by atoms with Crippen LogP contribution in [0.25, 0.3) is 82.1 Å². The van der Waals surface area contributed by atoms with E-state index in [1.54, 1.807) is 0 Å². The lowest BCUT2D eigenvalue weighted by molar-refractivity contribution is 0.666. The van der Waals surface area contributed by atoms with Crippen molar-refractivity contribution in [2.75, 3.05) is 0 Å². The van der Waals surface area contributed by atoms with Gasteiger partial charge >= 0.3 is 0 Å². The maximum atomic E-state index is 6.97. The molecule has 12 rings (SSSR count). The monoisotopic (exact) mass is 770 g/mol. The zero-order valence-electron chi connectivity index (χ0n) is 32.7. The molecule has 0 saturated heterocycles. The first-order valence-corrected chi connectivity index (χ1v) is 20.6. The Kier molecular flexibility index (Phi) is 7.66. The van der Waals surface area contributed by atoms with E-state index in [-0.39, 0.29) is 0 Å². The van der Waals surface area contributed by atoms with Crippen LogP contribution < -0.4 is 5.73 Å². The van der Waals surface area contributed by atoms with Crippen molar-refractivity contribution in [3.05, 3.63) is 211 Å². The first-order chi connectivity index (χ1) is 29.6. The Bertz CT molecular complexity index is 3570. The molecule has 1 saturated carbocycles. The molecule has 1 aliphatic carbocycles. The third-order valence-corrected chi connectivity index (χ3v) is 12.4. The van der Waals surface area contributed by atoms with Gasteiger partial charge in [0.2, 0.25) is 0 Å². The second-order valence-corrected chi connectivity index (χ2v) is 16.0. The minimum absolute atomic E-state index is 0.391. The molecule has 0 aliphatic heterocycles. The predicted molar refractivity (Wildman–Crippen MR) is 250 cm³/mol. The SMILES string of the molecule is NC(=NC(=NC1(c2ccc3ccccc3c2)CC1)c1ccc2c(c1)oc1c(-n3c4ccccc4c4ccc(-c5ccccc5)cc43)cccc12)c1ccc2ccccc2c1. The third kappa shape index (κ3) is 5.62. The first kappa shape index (κ1) is 34.3. The van der Waals surface area contributed by atoms with Crippen LogP contribution in [0.2, 0.25) is 0 Å². The van der Waals surface area contributed by atoms with Crippen LogP contribution in [0.5, 0.6) is 0 Å². The van der Waals surface area contributed by atoms with Crippen molar-refractivity contribution < 1.29 is 4.42 Å². The molecular weight excluding hydrogens is 733 g/mol. The minimum atomic E-state index is -0.391. The summed E-state index contributed by atoms with van der Waals surface area (Å²) >= 11 is 0. The van der Waals surface area contributed by atoms with E-state index in [0.29, 0.717) is 11.7 Å². The molecule has 5 nitrogen and oxygen atoms in total. The molecule has 60 heavy (non-hydrogen) atoms. The van der Waals surface area contributed by atoms with Crippen LogP contribution in [0, 0.1) is 0 Å². The van der Waals surface area contributed by atoms with Gasteiger partial charge in [0.1, 0.15) is 11.4 Å². The van der Waals surface area contributed by atoms with Gasteiger partial charge in [0.05, 0.1) is 22.3 Å². The number of furan rings is 1. The number of nitrogens with two attached hydrogens (primary N) is 1. The van der Waals surface area contributed by atoms with Crippen molar-refractivity contribution >= 4 is 77.0 Å². The molecule has 2 heterocycles. The summed E-state index contributed by atoms with van der Waals surface area (Å²) in [6.45, 7) is 0. The Balaban J connectivity index is 1.03. The number of aromatic nitrogens is 1. The molecule has 9 aromatic carbocycles. The number of nitrogens with zero attached hydrogens (tertiary/aromatic N) is 3. The van der Waals surface area contributed by atoms with Gasteiger partial charge in [-0.2, -0.15) is 0 Å². The lowest BCUT2D eigenvalue weighted by Gasteiger charge is -2.14. The molecule has 284 valence electrons. The number of rotatable bonds is 6. The van der Waals surface area contributed by atoms with Crippen LogP contribution in [0.3, 0.4) is 0 Å². The van der Waals surface area contributed by atoms with Crippen molar-refractivity contribution in [1.29, 1.82) is 0 Å². The molecule has 1 aliphatic rings. The third-order valence-electron chi connectivity index (χ3n) is 12.4. The van der Waals surface area contributed by atoms with Crippen LogP contribution in [-0.2, 0) is 5.54 Å². The first-order valence-electron chi connectivity index (χ1n) is 20.6. The highest BCUT2D eigenvalue weighted by Crippen LogP contribution is 2.51. The Morgan fingerprint density at radius 3 is 1.98 bits per heavy atom. The van der Waals surface area contributed by atoms with E-state index in [9.17, 15) is 0 Å². The normalized spacial score (nSPS) is 14.3. The van der Waals surface area contributed by atoms with Crippen molar-refractivity contribution in [2.24, 2.45) is 15.7 Å². The molecular formula is C55H38N4O. The van der Waals surface area contributed by atoms with Gasteiger partial charge in [0.15, 0.2) is 11.4 Å². The average Bonchev–Trinajstić information content (AvgIpc) is 3.89. The van der Waals surface area contributed by atoms with Crippen LogP contribution in [0.15, 0.2) is 209 Å². The summed E-state index contributed by atoms with van der Waals surface area (Å²) in [7, 11) is 0. The summed E-state index contributed by atoms with van der Waals surface area (Å²) in [5.74, 6) is 1.01. The van der Waals surface area contributed by atoms with Gasteiger partial charge in [-0.25, -0.2) is 4.99 Å². The average molecular weight is 771 g/mol. The summed E-state index contributed by atoms with van der Waals surface area (Å²) in [4.78, 5) is 10.7. The van der Waals surface area contributed by atoms with E-state index >= 15 is 0 Å². The molecule has 2 N–H and O–H groups in total. The lowest BCUT2D eigenvalue weighted by atomic mass is 10.0. The molecule has 0 spiro atoms. The highest BCUT2D eigenvalue weighted by atomic mass is 16.3. The van der Waals surface area contributed by atoms with E-state index < -0.39 is 5.54 Å². The van der Waals surface area contributed by atoms with Crippen molar-refractivity contribution in [1.82, 2.24) is 4.57 Å². The number of hydrogen-bond acceptors (Lipinski definition) is 2. The van der Waals surface area contributed by atoms with Crippen LogP contribution in [0.1, 0.15) is 29.5 Å². The Morgan fingerprint density at radius 1 is 0.500 bits per heavy atom. The largest absolute Gasteiger partial charge is 0.454 e. The Morgan fingerprint density at radius 2 is 1.17 bits per heavy atom. The summed E-state index contributed by atoms with van der Waals surface area (Å²) in [5, 5.41) is 9.16. The van der Waals surface area contributed by atoms with Gasteiger partial charge < -0.3 is 14.7 Å². The van der Waals surface area contributed by atoms with Gasteiger partial charge in [-0.3, -0.25) is 4.99 Å². The van der Waals surface area contributed by atoms with E-state index in [1.165, 1.54) is 38.2 Å². The second kappa shape index (κ2) is 13.4. The maximum Gasteiger partial charge on any atom is 0.159 e. The standard InChI is InChI=1S/C55H38N4O/c56-53(41-22-21-36-13-4-6-15-38(36)31-41)57-54(58-55(29-30-55)43-26-23-37-14-5-7-16-39(37)32-43)42-25-28-46-47-18-10-20-49(52(47)60-51(46)34-42)59-48-19-9-8-17-44(48)45-27-24-40(33-50(45)59)35-11-2-1-3-12-35/h1-28,31-34H,29-30H2,(H2,56,57,58). The molecule has 1 fully saturated rings. The minimum Gasteiger partial charge on any atom is -0.454 e. The molecule has 0 unspecified atom stereocenters. The fraction of sp³-hybridized carbons (Fsp3) is 0.0545. The number of amidine groups is 2. The fourth-order valence-corrected chi connectivity index (χ4v) is 9.09. The summed E-state index contributed by atoms with van der Waals surface area (Å²) < 4.78 is 9.32. The van der Waals surface area contributed by atoms with Crippen molar-refractivity contribution in [2.45, 2.75) is 18.4 Å². The molecule has 0 radical (unpaired) electrons. The van der Waals surface area contributed by atoms with Gasteiger partial charge in [0.25, 0.3) is 0 Å². The molecule has 2 aromatic heterocycles. The number of para-hydroxylation sites is 2. The summed E-state index contributed by atoms with van der Waals surface area (Å²) in [5.41, 5.74) is 16.6. The zero-order valence-corrected chi connectivity index (χ0v) is 32.7. The molecule has 0 atom stereocenters.